The van der Waals surface area contributed by atoms with E-state index in [1.165, 1.54) is 12.3 Å². The molecular weight excluding hydrogens is 170 g/mol. The van der Waals surface area contributed by atoms with Gasteiger partial charge in [0.1, 0.15) is 5.82 Å². The normalized spacial score (nSPS) is 10.2. The lowest BCUT2D eigenvalue weighted by Crippen LogP contribution is -1.89. The minimum atomic E-state index is -0.417. The Morgan fingerprint density at radius 1 is 1.46 bits per heavy atom. The highest BCUT2D eigenvalue weighted by atomic mass is 16.6. The van der Waals surface area contributed by atoms with Crippen molar-refractivity contribution in [2.24, 2.45) is 0 Å². The Kier molecular flexibility index (Phi) is 1.63. The Balaban J connectivity index is 2.39. The highest BCUT2D eigenvalue weighted by Crippen LogP contribution is 2.14. The maximum atomic E-state index is 10.4. The summed E-state index contributed by atoms with van der Waals surface area (Å²) in [4.78, 5) is 12.9. The van der Waals surface area contributed by atoms with Crippen LogP contribution in [0.5, 0.6) is 0 Å². The van der Waals surface area contributed by atoms with Crippen LogP contribution in [-0.4, -0.2) is 14.5 Å². The number of H-pyrrole nitrogens is 1. The monoisotopic (exact) mass is 177 g/mol. The van der Waals surface area contributed by atoms with Gasteiger partial charge in [-0.2, -0.15) is 0 Å². The average molecular weight is 177 g/mol. The molecule has 0 aliphatic heterocycles. The molecule has 5 heteroatoms. The summed E-state index contributed by atoms with van der Waals surface area (Å²) < 4.78 is 1.66. The molecule has 0 radical (unpaired) electrons. The predicted octanol–water partition coefficient (Wildman–Crippen LogP) is 1.71. The van der Waals surface area contributed by atoms with Gasteiger partial charge in [-0.3, -0.25) is 10.1 Å². The third kappa shape index (κ3) is 1.31. The number of aromatic nitrogens is 2. The van der Waals surface area contributed by atoms with Crippen LogP contribution in [0, 0.1) is 10.1 Å². The van der Waals surface area contributed by atoms with Gasteiger partial charge in [0.05, 0.1) is 11.1 Å². The molecule has 0 amide bonds. The van der Waals surface area contributed by atoms with Crippen molar-refractivity contribution in [1.29, 1.82) is 0 Å². The van der Waals surface area contributed by atoms with Crippen LogP contribution in [0.2, 0.25) is 0 Å². The van der Waals surface area contributed by atoms with E-state index in [-0.39, 0.29) is 5.69 Å². The molecule has 2 aromatic heterocycles. The van der Waals surface area contributed by atoms with Gasteiger partial charge in [-0.25, -0.2) is 0 Å². The second kappa shape index (κ2) is 2.78. The van der Waals surface area contributed by atoms with E-state index in [4.69, 9.17) is 0 Å². The summed E-state index contributed by atoms with van der Waals surface area (Å²) in [6.45, 7) is 0. The van der Waals surface area contributed by atoms with Crippen molar-refractivity contribution in [3.63, 3.8) is 0 Å². The topological polar surface area (TPSA) is 63.9 Å². The van der Waals surface area contributed by atoms with Crippen LogP contribution >= 0.6 is 0 Å². The van der Waals surface area contributed by atoms with Crippen molar-refractivity contribution < 1.29 is 4.92 Å². The van der Waals surface area contributed by atoms with Gasteiger partial charge in [-0.15, -0.1) is 0 Å². The van der Waals surface area contributed by atoms with E-state index in [0.717, 1.165) is 5.82 Å². The van der Waals surface area contributed by atoms with Crippen LogP contribution in [-0.2, 0) is 0 Å². The number of nitrogens with one attached hydrogen (secondary N) is 1. The molecule has 1 N–H and O–H groups in total. The highest BCUT2D eigenvalue weighted by Gasteiger charge is 2.07. The molecular formula is C8H7N3O2. The lowest BCUT2D eigenvalue weighted by atomic mass is 10.6. The SMILES string of the molecule is O=[N+]([O-])c1ccn(-c2ccc[nH]2)c1. The fourth-order valence-electron chi connectivity index (χ4n) is 1.12. The molecule has 0 unspecified atom stereocenters. The van der Waals surface area contributed by atoms with E-state index in [2.05, 4.69) is 4.98 Å². The number of rotatable bonds is 2. The zero-order valence-corrected chi connectivity index (χ0v) is 6.68. The van der Waals surface area contributed by atoms with Crippen molar-refractivity contribution in [2.45, 2.75) is 0 Å². The third-order valence-corrected chi connectivity index (χ3v) is 1.75. The first-order chi connectivity index (χ1) is 6.27. The van der Waals surface area contributed by atoms with Gasteiger partial charge in [-0.05, 0) is 12.1 Å². The van der Waals surface area contributed by atoms with Gasteiger partial charge in [0.15, 0.2) is 0 Å². The maximum absolute atomic E-state index is 10.4. The van der Waals surface area contributed by atoms with Crippen LogP contribution in [0.3, 0.4) is 0 Å². The van der Waals surface area contributed by atoms with E-state index < -0.39 is 4.92 Å². The molecule has 0 spiro atoms. The Morgan fingerprint density at radius 2 is 2.31 bits per heavy atom. The second-order valence-electron chi connectivity index (χ2n) is 2.59. The number of hydrogen-bond donors (Lipinski definition) is 1. The second-order valence-corrected chi connectivity index (χ2v) is 2.59. The van der Waals surface area contributed by atoms with Gasteiger partial charge in [0, 0.05) is 18.5 Å². The molecule has 0 aliphatic rings. The van der Waals surface area contributed by atoms with Crippen LogP contribution in [0.15, 0.2) is 36.8 Å². The van der Waals surface area contributed by atoms with Crippen LogP contribution in [0.1, 0.15) is 0 Å². The zero-order valence-electron chi connectivity index (χ0n) is 6.68. The van der Waals surface area contributed by atoms with E-state index in [0.29, 0.717) is 0 Å². The first-order valence-electron chi connectivity index (χ1n) is 3.73. The minimum absolute atomic E-state index is 0.0922. The molecule has 0 saturated heterocycles. The lowest BCUT2D eigenvalue weighted by Gasteiger charge is -1.94. The molecule has 0 aliphatic carbocycles. The standard InChI is InChI=1S/C8H7N3O2/c12-11(13)7-3-5-10(6-7)8-2-1-4-9-8/h1-6,9H. The molecule has 0 saturated carbocycles. The summed E-state index contributed by atoms with van der Waals surface area (Å²) in [5.74, 6) is 0.813. The number of nitrogens with zero attached hydrogens (tertiary/aromatic N) is 2. The Labute approximate surface area is 73.8 Å². The first-order valence-corrected chi connectivity index (χ1v) is 3.73. The molecule has 13 heavy (non-hydrogen) atoms. The molecule has 2 heterocycles. The van der Waals surface area contributed by atoms with Crippen molar-refractivity contribution in [3.05, 3.63) is 46.9 Å². The molecule has 66 valence electrons. The minimum Gasteiger partial charge on any atom is -0.348 e. The summed E-state index contributed by atoms with van der Waals surface area (Å²) in [6.07, 6.45) is 4.87. The largest absolute Gasteiger partial charge is 0.348 e. The van der Waals surface area contributed by atoms with Gasteiger partial charge >= 0.3 is 0 Å². The van der Waals surface area contributed by atoms with E-state index in [1.807, 2.05) is 12.1 Å². The van der Waals surface area contributed by atoms with E-state index in [1.54, 1.807) is 17.0 Å². The van der Waals surface area contributed by atoms with Crippen LogP contribution in [0.25, 0.3) is 5.82 Å². The molecule has 2 aromatic rings. The number of hydrogen-bond acceptors (Lipinski definition) is 2. The van der Waals surface area contributed by atoms with Crippen molar-refractivity contribution >= 4 is 5.69 Å². The Hall–Kier alpha value is -2.04. The summed E-state index contributed by atoms with van der Waals surface area (Å²) >= 11 is 0. The molecule has 0 bridgehead atoms. The first kappa shape index (κ1) is 7.60. The summed E-state index contributed by atoms with van der Waals surface area (Å²) in [7, 11) is 0. The van der Waals surface area contributed by atoms with Crippen LogP contribution in [0.4, 0.5) is 5.69 Å². The van der Waals surface area contributed by atoms with Crippen molar-refractivity contribution in [3.8, 4) is 5.82 Å². The molecule has 0 aromatic carbocycles. The van der Waals surface area contributed by atoms with Crippen molar-refractivity contribution in [2.75, 3.05) is 0 Å². The average Bonchev–Trinajstić information content (AvgIpc) is 2.75. The number of aromatic amines is 1. The fraction of sp³-hybridized carbons (Fsp3) is 0. The summed E-state index contributed by atoms with van der Waals surface area (Å²) in [5.41, 5.74) is 0.0922. The summed E-state index contributed by atoms with van der Waals surface area (Å²) in [5, 5.41) is 10.4. The van der Waals surface area contributed by atoms with Gasteiger partial charge < -0.3 is 9.55 Å². The predicted molar refractivity (Wildman–Crippen MR) is 46.8 cm³/mol. The summed E-state index contributed by atoms with van der Waals surface area (Å²) in [6, 6.07) is 5.13. The van der Waals surface area contributed by atoms with Crippen molar-refractivity contribution in [1.82, 2.24) is 9.55 Å². The Morgan fingerprint density at radius 3 is 2.85 bits per heavy atom. The molecule has 0 atom stereocenters. The number of nitro groups is 1. The zero-order chi connectivity index (χ0) is 9.26. The Bertz CT molecular complexity index is 416. The molecule has 5 nitrogen and oxygen atoms in total. The van der Waals surface area contributed by atoms with E-state index in [9.17, 15) is 10.1 Å². The van der Waals surface area contributed by atoms with Crippen LogP contribution < -0.4 is 0 Å². The van der Waals surface area contributed by atoms with Gasteiger partial charge in [-0.1, -0.05) is 0 Å². The quantitative estimate of drug-likeness (QED) is 0.560. The van der Waals surface area contributed by atoms with Gasteiger partial charge in [0.25, 0.3) is 5.69 Å². The molecule has 0 fully saturated rings. The fourth-order valence-corrected chi connectivity index (χ4v) is 1.12. The maximum Gasteiger partial charge on any atom is 0.287 e. The van der Waals surface area contributed by atoms with E-state index >= 15 is 0 Å². The lowest BCUT2D eigenvalue weighted by molar-refractivity contribution is -0.384. The van der Waals surface area contributed by atoms with Gasteiger partial charge in [0.2, 0.25) is 0 Å². The molecule has 2 rings (SSSR count). The highest BCUT2D eigenvalue weighted by molar-refractivity contribution is 5.33. The third-order valence-electron chi connectivity index (χ3n) is 1.75. The smallest absolute Gasteiger partial charge is 0.287 e.